The summed E-state index contributed by atoms with van der Waals surface area (Å²) in [6.45, 7) is 5.10. The minimum atomic E-state index is -0.114. The van der Waals surface area contributed by atoms with Crippen LogP contribution in [0.5, 0.6) is 0 Å². The van der Waals surface area contributed by atoms with Gasteiger partial charge in [-0.15, -0.1) is 21.5 Å². The van der Waals surface area contributed by atoms with Crippen LogP contribution in [0.15, 0.2) is 34.7 Å². The maximum absolute atomic E-state index is 13.1. The lowest BCUT2D eigenvalue weighted by molar-refractivity contribution is -0.133. The zero-order valence-electron chi connectivity index (χ0n) is 15.5. The van der Waals surface area contributed by atoms with E-state index in [0.717, 1.165) is 41.5 Å². The van der Waals surface area contributed by atoms with Crippen molar-refractivity contribution in [3.8, 4) is 10.7 Å². The van der Waals surface area contributed by atoms with Gasteiger partial charge in [0.15, 0.2) is 11.5 Å². The Morgan fingerprint density at radius 3 is 2.96 bits per heavy atom. The van der Waals surface area contributed by atoms with E-state index in [1.807, 2.05) is 29.6 Å². The zero-order chi connectivity index (χ0) is 18.8. The number of hydrogen-bond acceptors (Lipinski definition) is 6. The highest BCUT2D eigenvalue weighted by atomic mass is 32.2. The highest BCUT2D eigenvalue weighted by Crippen LogP contribution is 2.29. The molecule has 0 radical (unpaired) electrons. The monoisotopic (exact) mass is 401 g/mol. The molecule has 1 saturated heterocycles. The smallest absolute Gasteiger partial charge is 0.236 e. The van der Waals surface area contributed by atoms with Crippen LogP contribution < -0.4 is 0 Å². The Balaban J connectivity index is 1.58. The number of hydrogen-bond donors (Lipinski definition) is 0. The van der Waals surface area contributed by atoms with Gasteiger partial charge in [-0.25, -0.2) is 0 Å². The van der Waals surface area contributed by atoms with Gasteiger partial charge in [0, 0.05) is 12.6 Å². The highest BCUT2D eigenvalue weighted by Gasteiger charge is 2.29. The lowest BCUT2D eigenvalue weighted by atomic mass is 10.0. The van der Waals surface area contributed by atoms with Gasteiger partial charge in [0.05, 0.1) is 10.1 Å². The van der Waals surface area contributed by atoms with E-state index in [9.17, 15) is 4.79 Å². The molecule has 8 heteroatoms. The van der Waals surface area contributed by atoms with Gasteiger partial charge in [0.2, 0.25) is 5.91 Å². The topological polar surface area (TPSA) is 63.4 Å². The minimum absolute atomic E-state index is 0.114. The highest BCUT2D eigenvalue weighted by molar-refractivity contribution is 8.00. The molecule has 4 rings (SSSR count). The second kappa shape index (κ2) is 7.98. The average Bonchev–Trinajstić information content (AvgIpc) is 3.35. The van der Waals surface area contributed by atoms with Crippen molar-refractivity contribution in [2.24, 2.45) is 0 Å². The molecule has 0 N–H and O–H groups in total. The fraction of sp³-hybridized carbons (Fsp3) is 0.474. The molecule has 3 aromatic rings. The van der Waals surface area contributed by atoms with Crippen molar-refractivity contribution in [2.45, 2.75) is 55.8 Å². The summed E-state index contributed by atoms with van der Waals surface area (Å²) in [6, 6.07) is 8.19. The maximum Gasteiger partial charge on any atom is 0.236 e. The summed E-state index contributed by atoms with van der Waals surface area (Å²) >= 11 is 3.15. The Morgan fingerprint density at radius 1 is 1.33 bits per heavy atom. The molecule has 1 aliphatic rings. The van der Waals surface area contributed by atoms with Crippen LogP contribution in [0.3, 0.4) is 0 Å². The number of amides is 1. The molecule has 0 aromatic carbocycles. The Bertz CT molecular complexity index is 923. The van der Waals surface area contributed by atoms with E-state index in [1.54, 1.807) is 27.6 Å². The molecule has 27 heavy (non-hydrogen) atoms. The number of carbonyl (C=O) groups excluding carboxylic acids is 1. The van der Waals surface area contributed by atoms with E-state index in [2.05, 4.69) is 28.9 Å². The van der Waals surface area contributed by atoms with Crippen molar-refractivity contribution in [3.63, 3.8) is 0 Å². The summed E-state index contributed by atoms with van der Waals surface area (Å²) in [6.07, 6.45) is 4.20. The second-order valence-corrected chi connectivity index (χ2v) is 9.00. The van der Waals surface area contributed by atoms with Gasteiger partial charge in [-0.2, -0.15) is 9.61 Å². The molecule has 0 bridgehead atoms. The fourth-order valence-electron chi connectivity index (χ4n) is 3.46. The third-order valence-electron chi connectivity index (χ3n) is 4.98. The summed E-state index contributed by atoms with van der Waals surface area (Å²) in [5, 5.41) is 15.9. The van der Waals surface area contributed by atoms with Crippen LogP contribution in [0.1, 0.15) is 39.5 Å². The predicted molar refractivity (Wildman–Crippen MR) is 109 cm³/mol. The SMILES string of the molecule is CCC(Sc1ccc2nnc(-c3cccs3)n2n1)C(=O)N1CCCCC1C. The largest absolute Gasteiger partial charge is 0.339 e. The summed E-state index contributed by atoms with van der Waals surface area (Å²) in [5.41, 5.74) is 0.715. The molecule has 0 spiro atoms. The zero-order valence-corrected chi connectivity index (χ0v) is 17.2. The molecular formula is C19H23N5OS2. The fourth-order valence-corrected chi connectivity index (χ4v) is 5.12. The number of thioether (sulfide) groups is 1. The van der Waals surface area contributed by atoms with Crippen molar-refractivity contribution in [1.29, 1.82) is 0 Å². The Labute approximate surface area is 167 Å². The standard InChI is InChI=1S/C19H23N5OS2/c1-3-14(19(25)23-11-5-4-7-13(23)2)27-17-10-9-16-20-21-18(24(16)22-17)15-8-6-12-26-15/h6,8-10,12-14H,3-5,7,11H2,1-2H3. The van der Waals surface area contributed by atoms with Gasteiger partial charge in [-0.05, 0) is 56.2 Å². The molecule has 2 unspecified atom stereocenters. The number of piperidine rings is 1. The number of carbonyl (C=O) groups is 1. The van der Waals surface area contributed by atoms with Crippen LogP contribution in [-0.4, -0.2) is 48.5 Å². The van der Waals surface area contributed by atoms with Crippen molar-refractivity contribution >= 4 is 34.7 Å². The maximum atomic E-state index is 13.1. The summed E-state index contributed by atoms with van der Waals surface area (Å²) in [5.74, 6) is 0.977. The van der Waals surface area contributed by atoms with Gasteiger partial charge >= 0.3 is 0 Å². The second-order valence-electron chi connectivity index (χ2n) is 6.83. The minimum Gasteiger partial charge on any atom is -0.339 e. The molecule has 142 valence electrons. The van der Waals surface area contributed by atoms with E-state index in [0.29, 0.717) is 11.7 Å². The molecule has 1 aliphatic heterocycles. The quantitative estimate of drug-likeness (QED) is 0.602. The third kappa shape index (κ3) is 3.73. The van der Waals surface area contributed by atoms with Crippen LogP contribution in [0.2, 0.25) is 0 Å². The van der Waals surface area contributed by atoms with E-state index in [4.69, 9.17) is 5.10 Å². The van der Waals surface area contributed by atoms with Gasteiger partial charge in [-0.3, -0.25) is 4.79 Å². The van der Waals surface area contributed by atoms with Crippen LogP contribution in [0.4, 0.5) is 0 Å². The first-order valence-electron chi connectivity index (χ1n) is 9.41. The number of rotatable bonds is 5. The van der Waals surface area contributed by atoms with E-state index in [1.165, 1.54) is 6.42 Å². The number of aromatic nitrogens is 4. The number of thiophene rings is 1. The van der Waals surface area contributed by atoms with Crippen LogP contribution >= 0.6 is 23.1 Å². The summed E-state index contributed by atoms with van der Waals surface area (Å²) in [7, 11) is 0. The van der Waals surface area contributed by atoms with Crippen LogP contribution in [-0.2, 0) is 4.79 Å². The lowest BCUT2D eigenvalue weighted by Gasteiger charge is -2.35. The Kier molecular flexibility index (Phi) is 5.45. The first-order valence-corrected chi connectivity index (χ1v) is 11.2. The van der Waals surface area contributed by atoms with E-state index < -0.39 is 0 Å². The predicted octanol–water partition coefficient (Wildman–Crippen LogP) is 4.12. The molecule has 0 saturated carbocycles. The first kappa shape index (κ1) is 18.4. The van der Waals surface area contributed by atoms with Crippen molar-refractivity contribution in [3.05, 3.63) is 29.6 Å². The molecular weight excluding hydrogens is 378 g/mol. The average molecular weight is 402 g/mol. The normalized spacial score (nSPS) is 18.7. The van der Waals surface area contributed by atoms with Crippen molar-refractivity contribution in [2.75, 3.05) is 6.54 Å². The molecule has 1 amide bonds. The van der Waals surface area contributed by atoms with Crippen molar-refractivity contribution in [1.82, 2.24) is 24.7 Å². The van der Waals surface area contributed by atoms with Crippen LogP contribution in [0, 0.1) is 0 Å². The lowest BCUT2D eigenvalue weighted by Crippen LogP contribution is -2.46. The van der Waals surface area contributed by atoms with Gasteiger partial charge in [0.1, 0.15) is 5.03 Å². The summed E-state index contributed by atoms with van der Waals surface area (Å²) in [4.78, 5) is 16.1. The van der Waals surface area contributed by atoms with E-state index in [-0.39, 0.29) is 11.2 Å². The number of fused-ring (bicyclic) bond motifs is 1. The van der Waals surface area contributed by atoms with Gasteiger partial charge in [0.25, 0.3) is 0 Å². The molecule has 3 aromatic heterocycles. The molecule has 1 fully saturated rings. The van der Waals surface area contributed by atoms with Gasteiger partial charge < -0.3 is 4.90 Å². The number of nitrogens with zero attached hydrogens (tertiary/aromatic N) is 5. The number of likely N-dealkylation sites (tertiary alicyclic amines) is 1. The van der Waals surface area contributed by atoms with E-state index >= 15 is 0 Å². The molecule has 6 nitrogen and oxygen atoms in total. The summed E-state index contributed by atoms with van der Waals surface area (Å²) < 4.78 is 1.77. The molecule has 0 aliphatic carbocycles. The first-order chi connectivity index (χ1) is 13.2. The van der Waals surface area contributed by atoms with Crippen molar-refractivity contribution < 1.29 is 4.79 Å². The molecule has 4 heterocycles. The Morgan fingerprint density at radius 2 is 2.22 bits per heavy atom. The molecule has 2 atom stereocenters. The Hall–Kier alpha value is -1.93. The van der Waals surface area contributed by atoms with Gasteiger partial charge in [-0.1, -0.05) is 24.8 Å². The third-order valence-corrected chi connectivity index (χ3v) is 7.12. The van der Waals surface area contributed by atoms with Crippen LogP contribution in [0.25, 0.3) is 16.3 Å².